The zero-order valence-corrected chi connectivity index (χ0v) is 23.5. The Bertz CT molecular complexity index is 963. The Morgan fingerprint density at radius 3 is 2.10 bits per heavy atom. The lowest BCUT2D eigenvalue weighted by Gasteiger charge is -2.37. The summed E-state index contributed by atoms with van der Waals surface area (Å²) in [6.07, 6.45) is -2.27. The fraction of sp³-hybridized carbons (Fsp3) is 0.679. The number of alkyl halides is 4. The molecule has 40 heavy (non-hydrogen) atoms. The molecule has 1 aromatic rings. The molecule has 1 saturated heterocycles. The number of benzene rings is 1. The van der Waals surface area contributed by atoms with Crippen molar-refractivity contribution in [2.45, 2.75) is 96.4 Å². The summed E-state index contributed by atoms with van der Waals surface area (Å²) in [6, 6.07) is 10.1. The van der Waals surface area contributed by atoms with E-state index in [1.165, 1.54) is 5.56 Å². The lowest BCUT2D eigenvalue weighted by Crippen LogP contribution is -2.54. The third-order valence-corrected chi connectivity index (χ3v) is 7.10. The van der Waals surface area contributed by atoms with Crippen molar-refractivity contribution in [1.29, 1.82) is 0 Å². The second-order valence-corrected chi connectivity index (χ2v) is 11.4. The molecule has 1 aliphatic carbocycles. The summed E-state index contributed by atoms with van der Waals surface area (Å²) in [7, 11) is 0. The predicted octanol–water partition coefficient (Wildman–Crippen LogP) is 5.07. The number of alkyl carbamates (subject to hydrolysis) is 1. The van der Waals surface area contributed by atoms with E-state index in [2.05, 4.69) is 34.9 Å². The van der Waals surface area contributed by atoms with Gasteiger partial charge in [-0.3, -0.25) is 4.79 Å². The van der Waals surface area contributed by atoms with Crippen molar-refractivity contribution >= 4 is 18.0 Å². The Balaban J connectivity index is 0.000000708. The SMILES string of the molecule is C[C@@H](C1CCC(NCc2ccccc2)CC1)[C@H](NC(=O)OC(C)(C)C)C(=O)N1CC[C@H](F)C1.O=C(O)C(F)(F)F. The first-order valence-electron chi connectivity index (χ1n) is 13.6. The van der Waals surface area contributed by atoms with E-state index in [4.69, 9.17) is 14.6 Å². The minimum atomic E-state index is -5.08. The van der Waals surface area contributed by atoms with Crippen LogP contribution in [0.2, 0.25) is 0 Å². The molecule has 0 spiro atoms. The highest BCUT2D eigenvalue weighted by molar-refractivity contribution is 5.86. The standard InChI is InChI=1S/C26H40FN3O3.C2HF3O2/c1-18(20-10-12-22(13-11-20)28-16-19-8-6-5-7-9-19)23(29-25(32)33-26(2,3)4)24(31)30-15-14-21(27)17-30;3-2(4,5)1(6)7/h5-9,18,20-23,28H,10-17H2,1-4H3,(H,29,32);(H,6,7)/t18-,20?,21-,22?,23-;/m0./s1. The molecular formula is C28H41F4N3O5. The summed E-state index contributed by atoms with van der Waals surface area (Å²) >= 11 is 0. The van der Waals surface area contributed by atoms with E-state index in [-0.39, 0.29) is 18.4 Å². The summed E-state index contributed by atoms with van der Waals surface area (Å²) < 4.78 is 50.9. The third-order valence-electron chi connectivity index (χ3n) is 7.10. The van der Waals surface area contributed by atoms with Gasteiger partial charge in [-0.25, -0.2) is 14.0 Å². The zero-order chi connectivity index (χ0) is 30.1. The van der Waals surface area contributed by atoms with Gasteiger partial charge >= 0.3 is 18.2 Å². The third kappa shape index (κ3) is 11.3. The maximum Gasteiger partial charge on any atom is 0.490 e. The van der Waals surface area contributed by atoms with Gasteiger partial charge in [0.2, 0.25) is 5.91 Å². The molecule has 8 nitrogen and oxygen atoms in total. The van der Waals surface area contributed by atoms with Crippen molar-refractivity contribution in [3.63, 3.8) is 0 Å². The monoisotopic (exact) mass is 575 g/mol. The molecule has 0 unspecified atom stereocenters. The van der Waals surface area contributed by atoms with Crippen LogP contribution < -0.4 is 10.6 Å². The number of halogens is 4. The van der Waals surface area contributed by atoms with Gasteiger partial charge in [-0.15, -0.1) is 0 Å². The highest BCUT2D eigenvalue weighted by Gasteiger charge is 2.40. The molecule has 2 aliphatic rings. The average Bonchev–Trinajstić information content (AvgIpc) is 3.31. The molecule has 0 bridgehead atoms. The van der Waals surface area contributed by atoms with Crippen molar-refractivity contribution in [2.24, 2.45) is 11.8 Å². The van der Waals surface area contributed by atoms with Crippen molar-refractivity contribution in [3.8, 4) is 0 Å². The van der Waals surface area contributed by atoms with Gasteiger partial charge in [0.05, 0.1) is 6.54 Å². The first-order chi connectivity index (χ1) is 18.6. The summed E-state index contributed by atoms with van der Waals surface area (Å²) in [5.74, 6) is -2.70. The molecule has 3 atom stereocenters. The first kappa shape index (κ1) is 33.3. The van der Waals surface area contributed by atoms with Crippen LogP contribution in [0.1, 0.15) is 65.4 Å². The summed E-state index contributed by atoms with van der Waals surface area (Å²) in [5, 5.41) is 13.6. The normalized spacial score (nSPS) is 22.9. The fourth-order valence-electron chi connectivity index (χ4n) is 4.95. The van der Waals surface area contributed by atoms with Crippen LogP contribution in [0.15, 0.2) is 30.3 Å². The molecule has 2 amide bonds. The number of amides is 2. The van der Waals surface area contributed by atoms with Gasteiger partial charge in [0.25, 0.3) is 0 Å². The van der Waals surface area contributed by atoms with E-state index >= 15 is 0 Å². The second kappa shape index (κ2) is 14.7. The van der Waals surface area contributed by atoms with Gasteiger partial charge < -0.3 is 25.4 Å². The van der Waals surface area contributed by atoms with Gasteiger partial charge in [0, 0.05) is 19.1 Å². The Labute approximate surface area is 232 Å². The number of nitrogens with one attached hydrogen (secondary N) is 2. The molecule has 0 aromatic heterocycles. The molecule has 3 N–H and O–H groups in total. The number of likely N-dealkylation sites (tertiary alicyclic amines) is 1. The summed E-state index contributed by atoms with van der Waals surface area (Å²) in [6.45, 7) is 8.78. The fourth-order valence-corrected chi connectivity index (χ4v) is 4.95. The lowest BCUT2D eigenvalue weighted by molar-refractivity contribution is -0.192. The molecule has 2 fully saturated rings. The number of aliphatic carboxylic acids is 1. The van der Waals surface area contributed by atoms with Crippen molar-refractivity contribution in [1.82, 2.24) is 15.5 Å². The maximum absolute atomic E-state index is 13.8. The number of carboxylic acids is 1. The van der Waals surface area contributed by atoms with Gasteiger partial charge in [0.15, 0.2) is 0 Å². The molecule has 226 valence electrons. The van der Waals surface area contributed by atoms with Crippen molar-refractivity contribution < 1.29 is 41.8 Å². The average molecular weight is 576 g/mol. The van der Waals surface area contributed by atoms with Crippen LogP contribution >= 0.6 is 0 Å². The number of nitrogens with zero attached hydrogens (tertiary/aromatic N) is 1. The minimum absolute atomic E-state index is 0.0567. The number of hydrogen-bond donors (Lipinski definition) is 3. The number of carbonyl (C=O) groups is 3. The van der Waals surface area contributed by atoms with Gasteiger partial charge in [-0.05, 0) is 70.3 Å². The molecule has 1 aliphatic heterocycles. The highest BCUT2D eigenvalue weighted by Crippen LogP contribution is 2.33. The molecule has 12 heteroatoms. The number of carbonyl (C=O) groups excluding carboxylic acids is 2. The Hall–Kier alpha value is -2.89. The summed E-state index contributed by atoms with van der Waals surface area (Å²) in [4.78, 5) is 36.2. The Morgan fingerprint density at radius 2 is 1.62 bits per heavy atom. The van der Waals surface area contributed by atoms with E-state index in [1.54, 1.807) is 25.7 Å². The Kier molecular flexibility index (Phi) is 12.2. The van der Waals surface area contributed by atoms with E-state index in [0.717, 1.165) is 32.2 Å². The number of ether oxygens (including phenoxy) is 1. The highest BCUT2D eigenvalue weighted by atomic mass is 19.4. The van der Waals surface area contributed by atoms with Crippen LogP contribution in [0, 0.1) is 11.8 Å². The van der Waals surface area contributed by atoms with Crippen LogP contribution in [0.3, 0.4) is 0 Å². The van der Waals surface area contributed by atoms with Crippen molar-refractivity contribution in [3.05, 3.63) is 35.9 Å². The minimum Gasteiger partial charge on any atom is -0.475 e. The second-order valence-electron chi connectivity index (χ2n) is 11.4. The molecule has 1 aromatic carbocycles. The smallest absolute Gasteiger partial charge is 0.475 e. The number of carboxylic acid groups (broad SMARTS) is 1. The molecule has 1 saturated carbocycles. The zero-order valence-electron chi connectivity index (χ0n) is 23.5. The van der Waals surface area contributed by atoms with Crippen LogP contribution in [-0.2, 0) is 20.9 Å². The Morgan fingerprint density at radius 1 is 1.05 bits per heavy atom. The number of rotatable bonds is 7. The molecule has 3 rings (SSSR count). The lowest BCUT2D eigenvalue weighted by atomic mass is 9.75. The predicted molar refractivity (Wildman–Crippen MR) is 141 cm³/mol. The number of hydrogen-bond acceptors (Lipinski definition) is 5. The van der Waals surface area contributed by atoms with E-state index in [1.807, 2.05) is 13.0 Å². The van der Waals surface area contributed by atoms with E-state index in [0.29, 0.717) is 24.9 Å². The van der Waals surface area contributed by atoms with E-state index in [9.17, 15) is 27.2 Å². The maximum atomic E-state index is 13.8. The quantitative estimate of drug-likeness (QED) is 0.392. The first-order valence-corrected chi connectivity index (χ1v) is 13.6. The van der Waals surface area contributed by atoms with E-state index < -0.39 is 36.1 Å². The van der Waals surface area contributed by atoms with Gasteiger partial charge in [-0.1, -0.05) is 37.3 Å². The van der Waals surface area contributed by atoms with Gasteiger partial charge in [0.1, 0.15) is 17.8 Å². The van der Waals surface area contributed by atoms with Crippen molar-refractivity contribution in [2.75, 3.05) is 13.1 Å². The van der Waals surface area contributed by atoms with Crippen LogP contribution in [0.25, 0.3) is 0 Å². The van der Waals surface area contributed by atoms with Crippen LogP contribution in [0.5, 0.6) is 0 Å². The topological polar surface area (TPSA) is 108 Å². The molecule has 1 heterocycles. The van der Waals surface area contributed by atoms with Crippen LogP contribution in [0.4, 0.5) is 22.4 Å². The largest absolute Gasteiger partial charge is 0.490 e. The van der Waals surface area contributed by atoms with Crippen LogP contribution in [-0.4, -0.2) is 71.1 Å². The van der Waals surface area contributed by atoms with Gasteiger partial charge in [-0.2, -0.15) is 13.2 Å². The summed E-state index contributed by atoms with van der Waals surface area (Å²) in [5.41, 5.74) is 0.623. The molecule has 0 radical (unpaired) electrons. The molecular weight excluding hydrogens is 534 g/mol.